The fourth-order valence-corrected chi connectivity index (χ4v) is 2.41. The Morgan fingerprint density at radius 3 is 2.94 bits per heavy atom. The summed E-state index contributed by atoms with van der Waals surface area (Å²) in [7, 11) is 0. The standard InChI is InChI=1S/C12H19N3O3/c1-12(2,18)9-3-4-15(7-9)6-8-5-13-14-10(8)11(16)17/h5,9,18H,3-4,6-7H2,1-2H3,(H,13,14)(H,16,17)/t9-/m1/s1. The van der Waals surface area contributed by atoms with Gasteiger partial charge in [-0.25, -0.2) is 4.79 Å². The molecule has 1 aliphatic rings. The average Bonchev–Trinajstić information content (AvgIpc) is 2.85. The first-order chi connectivity index (χ1) is 8.38. The van der Waals surface area contributed by atoms with Crippen LogP contribution in [-0.4, -0.2) is 50.0 Å². The van der Waals surface area contributed by atoms with Crippen molar-refractivity contribution in [3.8, 4) is 0 Å². The number of aromatic carboxylic acids is 1. The summed E-state index contributed by atoms with van der Waals surface area (Å²) in [4.78, 5) is 13.1. The van der Waals surface area contributed by atoms with E-state index in [-0.39, 0.29) is 11.6 Å². The van der Waals surface area contributed by atoms with E-state index >= 15 is 0 Å². The van der Waals surface area contributed by atoms with Gasteiger partial charge < -0.3 is 10.2 Å². The van der Waals surface area contributed by atoms with E-state index in [0.29, 0.717) is 12.1 Å². The Labute approximate surface area is 106 Å². The molecule has 2 heterocycles. The van der Waals surface area contributed by atoms with E-state index in [1.165, 1.54) is 0 Å². The lowest BCUT2D eigenvalue weighted by molar-refractivity contribution is 0.0207. The van der Waals surface area contributed by atoms with Gasteiger partial charge >= 0.3 is 5.97 Å². The third-order valence-corrected chi connectivity index (χ3v) is 3.60. The maximum Gasteiger partial charge on any atom is 0.354 e. The third-order valence-electron chi connectivity index (χ3n) is 3.60. The van der Waals surface area contributed by atoms with Gasteiger partial charge in [0, 0.05) is 24.6 Å². The Hall–Kier alpha value is -1.40. The first-order valence-corrected chi connectivity index (χ1v) is 6.08. The van der Waals surface area contributed by atoms with Crippen molar-refractivity contribution in [3.05, 3.63) is 17.5 Å². The number of aromatic amines is 1. The van der Waals surface area contributed by atoms with Crippen molar-refractivity contribution in [1.82, 2.24) is 15.1 Å². The molecule has 0 radical (unpaired) electrons. The number of likely N-dealkylation sites (tertiary alicyclic amines) is 1. The van der Waals surface area contributed by atoms with Crippen molar-refractivity contribution < 1.29 is 15.0 Å². The maximum atomic E-state index is 11.0. The van der Waals surface area contributed by atoms with Crippen molar-refractivity contribution in [2.45, 2.75) is 32.4 Å². The third kappa shape index (κ3) is 2.70. The summed E-state index contributed by atoms with van der Waals surface area (Å²) < 4.78 is 0. The largest absolute Gasteiger partial charge is 0.477 e. The van der Waals surface area contributed by atoms with Crippen LogP contribution in [0.15, 0.2) is 6.20 Å². The van der Waals surface area contributed by atoms with Gasteiger partial charge in [0.25, 0.3) is 0 Å². The van der Waals surface area contributed by atoms with Gasteiger partial charge in [-0.15, -0.1) is 0 Å². The van der Waals surface area contributed by atoms with Gasteiger partial charge in [-0.05, 0) is 26.8 Å². The number of H-pyrrole nitrogens is 1. The zero-order valence-electron chi connectivity index (χ0n) is 10.7. The molecule has 1 aromatic heterocycles. The summed E-state index contributed by atoms with van der Waals surface area (Å²) in [5.74, 6) is -0.751. The van der Waals surface area contributed by atoms with Gasteiger partial charge in [0.1, 0.15) is 5.69 Å². The lowest BCUT2D eigenvalue weighted by Gasteiger charge is -2.25. The number of carbonyl (C=O) groups is 1. The van der Waals surface area contributed by atoms with Crippen LogP contribution < -0.4 is 0 Å². The molecule has 1 aromatic rings. The van der Waals surface area contributed by atoms with Crippen LogP contribution in [-0.2, 0) is 6.54 Å². The Kier molecular flexibility index (Phi) is 3.41. The quantitative estimate of drug-likeness (QED) is 0.735. The van der Waals surface area contributed by atoms with Gasteiger partial charge in [0.15, 0.2) is 0 Å². The zero-order valence-corrected chi connectivity index (χ0v) is 10.7. The number of hydrogen-bond acceptors (Lipinski definition) is 4. The molecule has 1 aliphatic heterocycles. The van der Waals surface area contributed by atoms with Crippen molar-refractivity contribution in [3.63, 3.8) is 0 Å². The van der Waals surface area contributed by atoms with Crippen molar-refractivity contribution >= 4 is 5.97 Å². The second-order valence-corrected chi connectivity index (χ2v) is 5.45. The van der Waals surface area contributed by atoms with Gasteiger partial charge in [-0.2, -0.15) is 5.10 Å². The van der Waals surface area contributed by atoms with Crippen LogP contribution in [0.3, 0.4) is 0 Å². The molecular formula is C12H19N3O3. The minimum absolute atomic E-state index is 0.154. The zero-order chi connectivity index (χ0) is 13.3. The Morgan fingerprint density at radius 2 is 2.39 bits per heavy atom. The van der Waals surface area contributed by atoms with E-state index in [1.807, 2.05) is 13.8 Å². The highest BCUT2D eigenvalue weighted by atomic mass is 16.4. The van der Waals surface area contributed by atoms with Crippen LogP contribution in [0.1, 0.15) is 36.3 Å². The van der Waals surface area contributed by atoms with Crippen LogP contribution in [0.25, 0.3) is 0 Å². The molecule has 100 valence electrons. The molecule has 0 aromatic carbocycles. The highest BCUT2D eigenvalue weighted by molar-refractivity contribution is 5.86. The molecule has 6 heteroatoms. The van der Waals surface area contributed by atoms with E-state index in [2.05, 4.69) is 15.1 Å². The van der Waals surface area contributed by atoms with E-state index < -0.39 is 11.6 Å². The molecule has 1 saturated heterocycles. The number of carboxylic acids is 1. The first-order valence-electron chi connectivity index (χ1n) is 6.08. The van der Waals surface area contributed by atoms with Gasteiger partial charge in [-0.1, -0.05) is 0 Å². The van der Waals surface area contributed by atoms with Crippen LogP contribution in [0, 0.1) is 5.92 Å². The van der Waals surface area contributed by atoms with Crippen molar-refractivity contribution in [1.29, 1.82) is 0 Å². The molecule has 0 spiro atoms. The Balaban J connectivity index is 2.00. The van der Waals surface area contributed by atoms with E-state index in [0.717, 1.165) is 19.5 Å². The molecule has 0 saturated carbocycles. The number of carboxylic acid groups (broad SMARTS) is 1. The lowest BCUT2D eigenvalue weighted by Crippen LogP contribution is -2.33. The number of nitrogens with one attached hydrogen (secondary N) is 1. The molecule has 0 aliphatic carbocycles. The summed E-state index contributed by atoms with van der Waals surface area (Å²) in [6, 6.07) is 0. The summed E-state index contributed by atoms with van der Waals surface area (Å²) in [5.41, 5.74) is 0.168. The Bertz CT molecular complexity index is 436. The summed E-state index contributed by atoms with van der Waals surface area (Å²) >= 11 is 0. The van der Waals surface area contributed by atoms with Crippen LogP contribution in [0.2, 0.25) is 0 Å². The molecule has 1 fully saturated rings. The number of nitrogens with zero attached hydrogens (tertiary/aromatic N) is 2. The Morgan fingerprint density at radius 1 is 1.67 bits per heavy atom. The topological polar surface area (TPSA) is 89.5 Å². The van der Waals surface area contributed by atoms with Crippen molar-refractivity contribution in [2.24, 2.45) is 5.92 Å². The SMILES string of the molecule is CC(C)(O)[C@@H]1CCN(Cc2cn[nH]c2C(=O)O)C1. The highest BCUT2D eigenvalue weighted by Crippen LogP contribution is 2.28. The average molecular weight is 253 g/mol. The van der Waals surface area contributed by atoms with Gasteiger partial charge in [-0.3, -0.25) is 10.00 Å². The minimum atomic E-state index is -0.985. The predicted molar refractivity (Wildman–Crippen MR) is 65.2 cm³/mol. The smallest absolute Gasteiger partial charge is 0.354 e. The molecule has 2 rings (SSSR count). The second-order valence-electron chi connectivity index (χ2n) is 5.45. The van der Waals surface area contributed by atoms with E-state index in [9.17, 15) is 9.90 Å². The van der Waals surface area contributed by atoms with Crippen molar-refractivity contribution in [2.75, 3.05) is 13.1 Å². The lowest BCUT2D eigenvalue weighted by atomic mass is 9.90. The normalized spacial score (nSPS) is 21.4. The van der Waals surface area contributed by atoms with Crippen LogP contribution in [0.5, 0.6) is 0 Å². The molecule has 18 heavy (non-hydrogen) atoms. The second kappa shape index (κ2) is 4.70. The fourth-order valence-electron chi connectivity index (χ4n) is 2.41. The number of rotatable bonds is 4. The molecular weight excluding hydrogens is 234 g/mol. The van der Waals surface area contributed by atoms with Gasteiger partial charge in [0.2, 0.25) is 0 Å². The maximum absolute atomic E-state index is 11.0. The number of aliphatic hydroxyl groups is 1. The predicted octanol–water partition coefficient (Wildman–Crippen LogP) is 0.701. The van der Waals surface area contributed by atoms with Gasteiger partial charge in [0.05, 0.1) is 11.8 Å². The fraction of sp³-hybridized carbons (Fsp3) is 0.667. The summed E-state index contributed by atoms with van der Waals surface area (Å²) in [5, 5.41) is 25.2. The summed E-state index contributed by atoms with van der Waals surface area (Å²) in [6.07, 6.45) is 2.49. The monoisotopic (exact) mass is 253 g/mol. The molecule has 6 nitrogen and oxygen atoms in total. The molecule has 1 atom stereocenters. The summed E-state index contributed by atoms with van der Waals surface area (Å²) in [6.45, 7) is 5.86. The van der Waals surface area contributed by atoms with E-state index in [4.69, 9.17) is 5.11 Å². The molecule has 3 N–H and O–H groups in total. The highest BCUT2D eigenvalue weighted by Gasteiger charge is 2.33. The number of hydrogen-bond donors (Lipinski definition) is 3. The molecule has 0 unspecified atom stereocenters. The van der Waals surface area contributed by atoms with Crippen LogP contribution >= 0.6 is 0 Å². The first kappa shape index (κ1) is 13.0. The number of aromatic nitrogens is 2. The van der Waals surface area contributed by atoms with Crippen LogP contribution in [0.4, 0.5) is 0 Å². The minimum Gasteiger partial charge on any atom is -0.477 e. The molecule has 0 amide bonds. The molecule has 0 bridgehead atoms. The van der Waals surface area contributed by atoms with E-state index in [1.54, 1.807) is 6.20 Å².